The van der Waals surface area contributed by atoms with Crippen LogP contribution in [0.1, 0.15) is 48.3 Å². The van der Waals surface area contributed by atoms with E-state index < -0.39 is 11.7 Å². The van der Waals surface area contributed by atoms with Gasteiger partial charge >= 0.3 is 0 Å². The van der Waals surface area contributed by atoms with E-state index in [2.05, 4.69) is 31.8 Å². The number of fused-ring (bicyclic) bond motifs is 1. The standard InChI is InChI=1S/C31H34FN7O3/c1-20(2)39(11-8-33)30(40)23-12-21(32)4-5-26(23)42-28-15-34-19-36-29(28)38-17-31(18-38)13-22(14-31)41-27-6-9-35-25-7-10-37(3)16-24(25)27/h4-6,9,12,15,19-20,22H,7,10-11,13-14,16-18H2,1-3H3. The van der Waals surface area contributed by atoms with Crippen molar-refractivity contribution in [1.82, 2.24) is 24.8 Å². The zero-order valence-corrected chi connectivity index (χ0v) is 24.1. The maximum absolute atomic E-state index is 14.2. The van der Waals surface area contributed by atoms with Crippen molar-refractivity contribution in [1.29, 1.82) is 5.26 Å². The smallest absolute Gasteiger partial charge is 0.258 e. The Morgan fingerprint density at radius 3 is 2.79 bits per heavy atom. The molecule has 4 heterocycles. The van der Waals surface area contributed by atoms with E-state index in [0.29, 0.717) is 11.6 Å². The van der Waals surface area contributed by atoms with Gasteiger partial charge in [0.05, 0.1) is 17.8 Å². The van der Waals surface area contributed by atoms with Gasteiger partial charge in [0, 0.05) is 61.5 Å². The van der Waals surface area contributed by atoms with Gasteiger partial charge in [-0.1, -0.05) is 0 Å². The Kier molecular flexibility index (Phi) is 7.41. The molecule has 1 saturated heterocycles. The quantitative estimate of drug-likeness (QED) is 0.368. The molecular formula is C31H34FN7O3. The summed E-state index contributed by atoms with van der Waals surface area (Å²) in [6.45, 7) is 6.96. The molecule has 1 aliphatic carbocycles. The number of carbonyl (C=O) groups excluding carboxylic acids is 1. The van der Waals surface area contributed by atoms with Crippen molar-refractivity contribution in [2.75, 3.05) is 38.1 Å². The molecule has 1 amide bonds. The number of anilines is 1. The van der Waals surface area contributed by atoms with Crippen LogP contribution in [-0.2, 0) is 13.0 Å². The number of pyridine rings is 1. The lowest BCUT2D eigenvalue weighted by Crippen LogP contribution is -2.65. The number of halogens is 1. The zero-order valence-electron chi connectivity index (χ0n) is 24.1. The third-order valence-electron chi connectivity index (χ3n) is 8.40. The summed E-state index contributed by atoms with van der Waals surface area (Å²) >= 11 is 0. The van der Waals surface area contributed by atoms with E-state index in [1.54, 1.807) is 20.0 Å². The van der Waals surface area contributed by atoms with E-state index in [0.717, 1.165) is 63.0 Å². The molecule has 6 rings (SSSR count). The topological polar surface area (TPSA) is 108 Å². The van der Waals surface area contributed by atoms with Crippen LogP contribution in [0.5, 0.6) is 17.2 Å². The highest BCUT2D eigenvalue weighted by Gasteiger charge is 2.54. The molecule has 0 atom stereocenters. The Morgan fingerprint density at radius 1 is 1.21 bits per heavy atom. The number of likely N-dealkylation sites (N-methyl/N-ethyl adjacent to an activating group) is 1. The fourth-order valence-electron chi connectivity index (χ4n) is 6.21. The lowest BCUT2D eigenvalue weighted by Gasteiger charge is -2.59. The molecule has 2 aliphatic heterocycles. The maximum atomic E-state index is 14.2. The van der Waals surface area contributed by atoms with Crippen LogP contribution in [0, 0.1) is 22.6 Å². The molecule has 218 valence electrons. The molecule has 3 aliphatic rings. The van der Waals surface area contributed by atoms with Crippen LogP contribution in [-0.4, -0.2) is 76.0 Å². The highest BCUT2D eigenvalue weighted by Crippen LogP contribution is 2.52. The predicted molar refractivity (Wildman–Crippen MR) is 153 cm³/mol. The summed E-state index contributed by atoms with van der Waals surface area (Å²) in [6, 6.07) is 7.54. The molecule has 3 aromatic rings. The van der Waals surface area contributed by atoms with E-state index in [9.17, 15) is 14.4 Å². The van der Waals surface area contributed by atoms with E-state index in [-0.39, 0.29) is 35.4 Å². The molecule has 1 aromatic carbocycles. The molecule has 42 heavy (non-hydrogen) atoms. The average Bonchev–Trinajstić information content (AvgIpc) is 2.93. The lowest BCUT2D eigenvalue weighted by atomic mass is 9.61. The van der Waals surface area contributed by atoms with Crippen LogP contribution in [0.2, 0.25) is 0 Å². The predicted octanol–water partition coefficient (Wildman–Crippen LogP) is 4.21. The normalized spacial score (nSPS) is 17.7. The van der Waals surface area contributed by atoms with Gasteiger partial charge in [-0.25, -0.2) is 14.4 Å². The number of carbonyl (C=O) groups is 1. The largest absolute Gasteiger partial charge is 0.490 e. The minimum absolute atomic E-state index is 0.0392. The monoisotopic (exact) mass is 571 g/mol. The number of amides is 1. The Balaban J connectivity index is 1.13. The average molecular weight is 572 g/mol. The number of hydrogen-bond acceptors (Lipinski definition) is 9. The number of benzene rings is 1. The van der Waals surface area contributed by atoms with Crippen LogP contribution >= 0.6 is 0 Å². The van der Waals surface area contributed by atoms with Gasteiger partial charge in [-0.15, -0.1) is 0 Å². The molecule has 10 nitrogen and oxygen atoms in total. The molecule has 0 radical (unpaired) electrons. The number of nitrogens with zero attached hydrogens (tertiary/aromatic N) is 7. The number of ether oxygens (including phenoxy) is 2. The van der Waals surface area contributed by atoms with Gasteiger partial charge in [-0.05, 0) is 58.0 Å². The Bertz CT molecular complexity index is 1530. The summed E-state index contributed by atoms with van der Waals surface area (Å²) < 4.78 is 26.8. The van der Waals surface area contributed by atoms with Gasteiger partial charge < -0.3 is 24.2 Å². The lowest BCUT2D eigenvalue weighted by molar-refractivity contribution is -0.0352. The van der Waals surface area contributed by atoms with E-state index >= 15 is 0 Å². The highest BCUT2D eigenvalue weighted by molar-refractivity contribution is 5.97. The zero-order chi connectivity index (χ0) is 29.4. The fourth-order valence-corrected chi connectivity index (χ4v) is 6.21. The van der Waals surface area contributed by atoms with Gasteiger partial charge in [-0.3, -0.25) is 9.78 Å². The van der Waals surface area contributed by atoms with Crippen molar-refractivity contribution in [2.45, 2.75) is 51.8 Å². The van der Waals surface area contributed by atoms with Crippen molar-refractivity contribution in [3.63, 3.8) is 0 Å². The van der Waals surface area contributed by atoms with Crippen molar-refractivity contribution in [3.05, 3.63) is 65.6 Å². The molecule has 2 fully saturated rings. The molecule has 0 bridgehead atoms. The van der Waals surface area contributed by atoms with Gasteiger partial charge in [0.25, 0.3) is 5.91 Å². The van der Waals surface area contributed by atoms with Gasteiger partial charge in [0.15, 0.2) is 11.6 Å². The number of hydrogen-bond donors (Lipinski definition) is 0. The summed E-state index contributed by atoms with van der Waals surface area (Å²) in [5, 5.41) is 9.20. The maximum Gasteiger partial charge on any atom is 0.258 e. The van der Waals surface area contributed by atoms with Gasteiger partial charge in [0.2, 0.25) is 0 Å². The third-order valence-corrected chi connectivity index (χ3v) is 8.40. The first-order valence-electron chi connectivity index (χ1n) is 14.3. The van der Waals surface area contributed by atoms with Crippen LogP contribution in [0.25, 0.3) is 0 Å². The fraction of sp³-hybridized carbons (Fsp3) is 0.452. The van der Waals surface area contributed by atoms with E-state index in [1.807, 2.05) is 18.3 Å². The van der Waals surface area contributed by atoms with Crippen LogP contribution in [0.15, 0.2) is 43.0 Å². The third kappa shape index (κ3) is 5.34. The molecule has 1 spiro atoms. The first-order valence-corrected chi connectivity index (χ1v) is 14.3. The Hall–Kier alpha value is -4.30. The van der Waals surface area contributed by atoms with Crippen molar-refractivity contribution in [3.8, 4) is 23.3 Å². The molecule has 0 unspecified atom stereocenters. The second-order valence-electron chi connectivity index (χ2n) is 11.9. The molecule has 2 aromatic heterocycles. The minimum Gasteiger partial charge on any atom is -0.490 e. The highest BCUT2D eigenvalue weighted by atomic mass is 19.1. The number of rotatable bonds is 8. The van der Waals surface area contributed by atoms with Crippen molar-refractivity contribution in [2.24, 2.45) is 5.41 Å². The summed E-state index contributed by atoms with van der Waals surface area (Å²) in [5.41, 5.74) is 2.53. The van der Waals surface area contributed by atoms with E-state index in [1.165, 1.54) is 28.9 Å². The number of aromatic nitrogens is 3. The first-order chi connectivity index (χ1) is 20.2. The van der Waals surface area contributed by atoms with Crippen LogP contribution < -0.4 is 14.4 Å². The molecule has 0 N–H and O–H groups in total. The minimum atomic E-state index is -0.568. The number of nitriles is 1. The summed E-state index contributed by atoms with van der Waals surface area (Å²) in [7, 11) is 2.12. The van der Waals surface area contributed by atoms with Gasteiger partial charge in [-0.2, -0.15) is 5.26 Å². The Labute approximate surface area is 244 Å². The van der Waals surface area contributed by atoms with Crippen LogP contribution in [0.4, 0.5) is 10.2 Å². The molecular weight excluding hydrogens is 537 g/mol. The van der Waals surface area contributed by atoms with Crippen LogP contribution in [0.3, 0.4) is 0 Å². The second-order valence-corrected chi connectivity index (χ2v) is 11.9. The molecule has 11 heteroatoms. The van der Waals surface area contributed by atoms with Crippen molar-refractivity contribution < 1.29 is 18.7 Å². The summed E-state index contributed by atoms with van der Waals surface area (Å²) in [6.07, 6.45) is 7.89. The van der Waals surface area contributed by atoms with Crippen molar-refractivity contribution >= 4 is 11.7 Å². The second kappa shape index (κ2) is 11.2. The first kappa shape index (κ1) is 27.8. The Morgan fingerprint density at radius 2 is 2.02 bits per heavy atom. The van der Waals surface area contributed by atoms with E-state index in [4.69, 9.17) is 9.47 Å². The van der Waals surface area contributed by atoms with Gasteiger partial charge in [0.1, 0.15) is 36.3 Å². The molecule has 1 saturated carbocycles. The summed E-state index contributed by atoms with van der Waals surface area (Å²) in [5.74, 6) is 1.08. The SMILES string of the molecule is CC(C)N(CC#N)C(=O)c1cc(F)ccc1Oc1cncnc1N1CC2(CC(Oc3ccnc4c3CN(C)CC4)C2)C1. The summed E-state index contributed by atoms with van der Waals surface area (Å²) in [4.78, 5) is 32.3.